The average molecular weight is 315 g/mol. The molecule has 1 aromatic rings. The van der Waals surface area contributed by atoms with E-state index < -0.39 is 0 Å². The molecule has 0 bridgehead atoms. The van der Waals surface area contributed by atoms with Gasteiger partial charge in [-0.05, 0) is 55.9 Å². The van der Waals surface area contributed by atoms with Gasteiger partial charge in [-0.15, -0.1) is 0 Å². The third-order valence-electron chi connectivity index (χ3n) is 4.35. The van der Waals surface area contributed by atoms with Gasteiger partial charge in [0.05, 0.1) is 10.0 Å². The van der Waals surface area contributed by atoms with Gasteiger partial charge in [0, 0.05) is 6.04 Å². The number of halogens is 2. The first-order valence-corrected chi connectivity index (χ1v) is 8.06. The third-order valence-corrected chi connectivity index (χ3v) is 5.18. The lowest BCUT2D eigenvalue weighted by molar-refractivity contribution is 0.129. The Kier molecular flexibility index (Phi) is 5.36. The molecule has 1 saturated heterocycles. The number of piperidine rings is 1. The Morgan fingerprint density at radius 3 is 2.55 bits per heavy atom. The van der Waals surface area contributed by atoms with Crippen molar-refractivity contribution in [2.45, 2.75) is 39.2 Å². The maximum absolute atomic E-state index is 6.27. The number of hydrogen-bond donors (Lipinski definition) is 1. The second kappa shape index (κ2) is 6.65. The number of benzene rings is 1. The van der Waals surface area contributed by atoms with E-state index in [1.54, 1.807) is 6.07 Å². The van der Waals surface area contributed by atoms with E-state index in [0.717, 1.165) is 18.5 Å². The van der Waals surface area contributed by atoms with Gasteiger partial charge in [0.15, 0.2) is 0 Å². The molecule has 2 N–H and O–H groups in total. The highest BCUT2D eigenvalue weighted by molar-refractivity contribution is 6.42. The van der Waals surface area contributed by atoms with Crippen LogP contribution in [0.3, 0.4) is 0 Å². The summed E-state index contributed by atoms with van der Waals surface area (Å²) in [6.45, 7) is 8.07. The Bertz CT molecular complexity index is 450. The first-order valence-electron chi connectivity index (χ1n) is 7.31. The summed E-state index contributed by atoms with van der Waals surface area (Å²) in [7, 11) is 0. The maximum Gasteiger partial charge on any atom is 0.0640 e. The molecule has 1 unspecified atom stereocenters. The minimum atomic E-state index is -0.0452. The first kappa shape index (κ1) is 16.1. The molecule has 1 aromatic carbocycles. The molecule has 1 aliphatic heterocycles. The van der Waals surface area contributed by atoms with Crippen LogP contribution in [0.4, 0.5) is 0 Å². The fourth-order valence-electron chi connectivity index (χ4n) is 2.67. The Morgan fingerprint density at radius 2 is 1.90 bits per heavy atom. The second-order valence-corrected chi connectivity index (χ2v) is 7.33. The van der Waals surface area contributed by atoms with Gasteiger partial charge in [-0.1, -0.05) is 49.2 Å². The lowest BCUT2D eigenvalue weighted by Crippen LogP contribution is -2.38. The monoisotopic (exact) mass is 314 g/mol. The average Bonchev–Trinajstić information content (AvgIpc) is 2.40. The molecule has 20 heavy (non-hydrogen) atoms. The Labute approximate surface area is 132 Å². The van der Waals surface area contributed by atoms with Gasteiger partial charge in [-0.2, -0.15) is 0 Å². The van der Waals surface area contributed by atoms with E-state index in [4.69, 9.17) is 28.9 Å². The predicted molar refractivity (Wildman–Crippen MR) is 87.5 cm³/mol. The zero-order chi connectivity index (χ0) is 14.8. The van der Waals surface area contributed by atoms with Crippen LogP contribution in [-0.4, -0.2) is 24.5 Å². The number of rotatable bonds is 4. The molecular formula is C16H24Cl2N2. The molecule has 0 spiro atoms. The number of likely N-dealkylation sites (tertiary alicyclic amines) is 1. The molecule has 0 radical (unpaired) electrons. The van der Waals surface area contributed by atoms with E-state index in [2.05, 4.69) is 18.7 Å². The van der Waals surface area contributed by atoms with Crippen LogP contribution in [0.5, 0.6) is 0 Å². The van der Waals surface area contributed by atoms with Crippen LogP contribution < -0.4 is 5.73 Å². The molecule has 0 aliphatic carbocycles. The Balaban J connectivity index is 1.87. The highest BCUT2D eigenvalue weighted by Crippen LogP contribution is 2.32. The van der Waals surface area contributed by atoms with Crippen LogP contribution in [0.15, 0.2) is 18.2 Å². The molecule has 1 aliphatic rings. The number of nitrogens with zero attached hydrogens (tertiary/aromatic N) is 1. The van der Waals surface area contributed by atoms with E-state index in [1.165, 1.54) is 25.9 Å². The summed E-state index contributed by atoms with van der Waals surface area (Å²) in [6.07, 6.45) is 3.45. The Hall–Kier alpha value is -0.280. The molecule has 112 valence electrons. The summed E-state index contributed by atoms with van der Waals surface area (Å²) in [5.74, 6) is 0. The molecule has 1 heterocycles. The van der Waals surface area contributed by atoms with Gasteiger partial charge in [-0.3, -0.25) is 0 Å². The van der Waals surface area contributed by atoms with Crippen LogP contribution in [0.25, 0.3) is 0 Å². The van der Waals surface area contributed by atoms with Gasteiger partial charge in [-0.25, -0.2) is 0 Å². The molecular weight excluding hydrogens is 291 g/mol. The molecule has 0 amide bonds. The highest BCUT2D eigenvalue weighted by Gasteiger charge is 2.25. The van der Waals surface area contributed by atoms with E-state index >= 15 is 0 Å². The zero-order valence-electron chi connectivity index (χ0n) is 12.3. The largest absolute Gasteiger partial charge is 0.324 e. The van der Waals surface area contributed by atoms with Crippen molar-refractivity contribution in [3.8, 4) is 0 Å². The predicted octanol–water partition coefficient (Wildman–Crippen LogP) is 4.51. The maximum atomic E-state index is 6.27. The summed E-state index contributed by atoms with van der Waals surface area (Å²) in [6, 6.07) is 5.63. The second-order valence-electron chi connectivity index (χ2n) is 6.54. The van der Waals surface area contributed by atoms with Crippen molar-refractivity contribution in [2.75, 3.05) is 19.6 Å². The lowest BCUT2D eigenvalue weighted by Gasteiger charge is -2.37. The normalized spacial score (nSPS) is 20.9. The Morgan fingerprint density at radius 1 is 1.25 bits per heavy atom. The summed E-state index contributed by atoms with van der Waals surface area (Å²) in [5, 5.41) is 1.18. The van der Waals surface area contributed by atoms with Crippen molar-refractivity contribution < 1.29 is 0 Å². The summed E-state index contributed by atoms with van der Waals surface area (Å²) < 4.78 is 0. The minimum absolute atomic E-state index is 0.0452. The fraction of sp³-hybridized carbons (Fsp3) is 0.625. The molecule has 1 atom stereocenters. The van der Waals surface area contributed by atoms with Gasteiger partial charge >= 0.3 is 0 Å². The highest BCUT2D eigenvalue weighted by atomic mass is 35.5. The molecule has 2 rings (SSSR count). The first-order chi connectivity index (χ1) is 9.39. The minimum Gasteiger partial charge on any atom is -0.324 e. The van der Waals surface area contributed by atoms with Crippen molar-refractivity contribution >= 4 is 23.2 Å². The van der Waals surface area contributed by atoms with Gasteiger partial charge in [0.1, 0.15) is 0 Å². The van der Waals surface area contributed by atoms with Gasteiger partial charge in [0.25, 0.3) is 0 Å². The molecule has 4 heteroatoms. The molecule has 2 nitrogen and oxygen atoms in total. The molecule has 0 saturated carbocycles. The number of hydrogen-bond acceptors (Lipinski definition) is 2. The molecule has 0 aromatic heterocycles. The van der Waals surface area contributed by atoms with Crippen molar-refractivity contribution in [3.63, 3.8) is 0 Å². The van der Waals surface area contributed by atoms with Crippen LogP contribution in [0.2, 0.25) is 10.0 Å². The van der Waals surface area contributed by atoms with Crippen LogP contribution in [0, 0.1) is 5.41 Å². The fourth-order valence-corrected chi connectivity index (χ4v) is 3.11. The summed E-state index contributed by atoms with van der Waals surface area (Å²) >= 11 is 12.3. The summed E-state index contributed by atoms with van der Waals surface area (Å²) in [4.78, 5) is 2.50. The topological polar surface area (TPSA) is 29.3 Å². The van der Waals surface area contributed by atoms with Gasteiger partial charge in [0.2, 0.25) is 0 Å². The standard InChI is InChI=1S/C16H24Cl2N2/c1-16(2)7-10-20(11-8-16)9-6-14(19)12-4-3-5-13(17)15(12)18/h3-5,14H,6-11,19H2,1-2H3. The van der Waals surface area contributed by atoms with Crippen molar-refractivity contribution in [3.05, 3.63) is 33.8 Å². The smallest absolute Gasteiger partial charge is 0.0640 e. The zero-order valence-corrected chi connectivity index (χ0v) is 13.8. The van der Waals surface area contributed by atoms with E-state index in [0.29, 0.717) is 15.5 Å². The third kappa shape index (κ3) is 4.11. The van der Waals surface area contributed by atoms with E-state index in [-0.39, 0.29) is 6.04 Å². The quantitative estimate of drug-likeness (QED) is 0.886. The number of nitrogens with two attached hydrogens (primary N) is 1. The SMILES string of the molecule is CC1(C)CCN(CCC(N)c2cccc(Cl)c2Cl)CC1. The van der Waals surface area contributed by atoms with E-state index in [1.807, 2.05) is 12.1 Å². The van der Waals surface area contributed by atoms with Crippen LogP contribution in [0.1, 0.15) is 44.7 Å². The van der Waals surface area contributed by atoms with Crippen LogP contribution in [-0.2, 0) is 0 Å². The van der Waals surface area contributed by atoms with Crippen LogP contribution >= 0.6 is 23.2 Å². The van der Waals surface area contributed by atoms with Gasteiger partial charge < -0.3 is 10.6 Å². The molecule has 1 fully saturated rings. The van der Waals surface area contributed by atoms with Crippen molar-refractivity contribution in [1.29, 1.82) is 0 Å². The lowest BCUT2D eigenvalue weighted by atomic mass is 9.82. The summed E-state index contributed by atoms with van der Waals surface area (Å²) in [5.41, 5.74) is 7.72. The van der Waals surface area contributed by atoms with Crippen molar-refractivity contribution in [1.82, 2.24) is 4.90 Å². The van der Waals surface area contributed by atoms with E-state index in [9.17, 15) is 0 Å². The van der Waals surface area contributed by atoms with Crippen molar-refractivity contribution in [2.24, 2.45) is 11.1 Å².